The summed E-state index contributed by atoms with van der Waals surface area (Å²) in [7, 11) is -0.0807. The molecule has 17 heavy (non-hydrogen) atoms. The van der Waals surface area contributed by atoms with Gasteiger partial charge in [-0.3, -0.25) is 4.79 Å². The number of allylic oxidation sites excluding steroid dienone is 3. The molecule has 88 valence electrons. The molecule has 2 heteroatoms. The Hall–Kier alpha value is -1.41. The monoisotopic (exact) mass is 244 g/mol. The second-order valence-corrected chi connectivity index (χ2v) is 6.04. The number of carbonyl (C=O) groups is 1. The maximum Gasteiger partial charge on any atom is 0.198 e. The first-order chi connectivity index (χ1) is 8.09. The van der Waals surface area contributed by atoms with Gasteiger partial charge >= 0.3 is 0 Å². The van der Waals surface area contributed by atoms with Crippen molar-refractivity contribution in [2.45, 2.75) is 13.8 Å². The van der Waals surface area contributed by atoms with Gasteiger partial charge < -0.3 is 0 Å². The van der Waals surface area contributed by atoms with Crippen LogP contribution in [0.25, 0.3) is 0 Å². The van der Waals surface area contributed by atoms with Crippen LogP contribution in [0.2, 0.25) is 0 Å². The van der Waals surface area contributed by atoms with Gasteiger partial charge in [0.15, 0.2) is 5.78 Å². The van der Waals surface area contributed by atoms with Crippen LogP contribution in [0.1, 0.15) is 24.2 Å². The molecule has 2 rings (SSSR count). The van der Waals surface area contributed by atoms with Crippen LogP contribution in [0.15, 0.2) is 53.0 Å². The first-order valence-electron chi connectivity index (χ1n) is 5.58. The highest BCUT2D eigenvalue weighted by atomic mass is 32.2. The van der Waals surface area contributed by atoms with Gasteiger partial charge in [0.1, 0.15) is 0 Å². The van der Waals surface area contributed by atoms with E-state index in [1.54, 1.807) is 0 Å². The molecular weight excluding hydrogens is 228 g/mol. The summed E-state index contributed by atoms with van der Waals surface area (Å²) in [5.41, 5.74) is 3.24. The standard InChI is InChI=1S/C15H16OS/c1-11-9-14(17(3)10-12(11)2)15(16)13-7-5-4-6-8-13/h4-10H,1-3H3. The molecule has 0 bridgehead atoms. The molecule has 0 fully saturated rings. The van der Waals surface area contributed by atoms with Crippen molar-refractivity contribution in [2.75, 3.05) is 6.26 Å². The van der Waals surface area contributed by atoms with Gasteiger partial charge in [-0.2, -0.15) is 10.5 Å². The van der Waals surface area contributed by atoms with Crippen LogP contribution in [-0.4, -0.2) is 16.9 Å². The fourth-order valence-corrected chi connectivity index (χ4v) is 3.38. The van der Waals surface area contributed by atoms with Gasteiger partial charge in [0, 0.05) is 10.4 Å². The molecule has 0 aliphatic carbocycles. The summed E-state index contributed by atoms with van der Waals surface area (Å²) < 4.78 is 0. The highest BCUT2D eigenvalue weighted by Gasteiger charge is 2.15. The third-order valence-electron chi connectivity index (χ3n) is 2.93. The van der Waals surface area contributed by atoms with Crippen molar-refractivity contribution in [1.29, 1.82) is 0 Å². The van der Waals surface area contributed by atoms with Crippen LogP contribution in [-0.2, 0) is 0 Å². The molecule has 1 aromatic rings. The van der Waals surface area contributed by atoms with E-state index in [4.69, 9.17) is 0 Å². The molecule has 1 unspecified atom stereocenters. The van der Waals surface area contributed by atoms with Crippen molar-refractivity contribution in [3.63, 3.8) is 0 Å². The molecule has 1 atom stereocenters. The van der Waals surface area contributed by atoms with Crippen molar-refractivity contribution in [2.24, 2.45) is 0 Å². The number of hydrogen-bond acceptors (Lipinski definition) is 1. The van der Waals surface area contributed by atoms with Crippen LogP contribution < -0.4 is 0 Å². The third kappa shape index (κ3) is 2.47. The predicted octanol–water partition coefficient (Wildman–Crippen LogP) is 3.80. The number of hydrogen-bond donors (Lipinski definition) is 0. The van der Waals surface area contributed by atoms with Crippen molar-refractivity contribution in [3.8, 4) is 0 Å². The summed E-state index contributed by atoms with van der Waals surface area (Å²) in [4.78, 5) is 13.3. The number of Topliss-reactive ketones (excluding diaryl/α,β-unsaturated/α-hetero) is 1. The normalized spacial score (nSPS) is 19.7. The Morgan fingerprint density at radius 3 is 2.35 bits per heavy atom. The van der Waals surface area contributed by atoms with E-state index in [0.29, 0.717) is 0 Å². The zero-order valence-electron chi connectivity index (χ0n) is 10.4. The summed E-state index contributed by atoms with van der Waals surface area (Å²) >= 11 is 0. The van der Waals surface area contributed by atoms with E-state index < -0.39 is 0 Å². The lowest BCUT2D eigenvalue weighted by molar-refractivity contribution is 0.106. The van der Waals surface area contributed by atoms with Gasteiger partial charge in [0.25, 0.3) is 0 Å². The van der Waals surface area contributed by atoms with E-state index in [-0.39, 0.29) is 16.3 Å². The summed E-state index contributed by atoms with van der Waals surface area (Å²) in [6.07, 6.45) is 4.14. The smallest absolute Gasteiger partial charge is 0.198 e. The Balaban J connectivity index is 2.44. The van der Waals surface area contributed by atoms with Gasteiger partial charge in [-0.1, -0.05) is 30.3 Å². The Labute approximate surface area is 105 Å². The minimum absolute atomic E-state index is 0.0807. The molecule has 1 nitrogen and oxygen atoms in total. The van der Waals surface area contributed by atoms with Crippen molar-refractivity contribution in [3.05, 3.63) is 58.5 Å². The van der Waals surface area contributed by atoms with Crippen LogP contribution >= 0.6 is 10.5 Å². The SMILES string of the molecule is CC1=CC(C(=O)c2ccccc2)=S(C)C=C1C. The summed E-state index contributed by atoms with van der Waals surface area (Å²) in [5.74, 6) is 0.152. The highest BCUT2D eigenvalue weighted by molar-refractivity contribution is 8.19. The molecule has 1 aliphatic rings. The zero-order chi connectivity index (χ0) is 12.4. The summed E-state index contributed by atoms with van der Waals surface area (Å²) in [6.45, 7) is 4.15. The predicted molar refractivity (Wildman–Crippen MR) is 76.8 cm³/mol. The first-order valence-corrected chi connectivity index (χ1v) is 7.28. The Morgan fingerprint density at radius 2 is 1.71 bits per heavy atom. The minimum atomic E-state index is -0.0807. The van der Waals surface area contributed by atoms with E-state index in [1.165, 1.54) is 11.1 Å². The first kappa shape index (κ1) is 12.1. The number of ketones is 1. The Bertz CT molecular complexity index is 548. The van der Waals surface area contributed by atoms with Crippen LogP contribution in [0.3, 0.4) is 0 Å². The minimum Gasteiger partial charge on any atom is -0.288 e. The lowest BCUT2D eigenvalue weighted by Gasteiger charge is -2.14. The number of benzene rings is 1. The second kappa shape index (κ2) is 4.84. The van der Waals surface area contributed by atoms with E-state index >= 15 is 0 Å². The molecule has 0 amide bonds. The molecule has 1 aliphatic heterocycles. The van der Waals surface area contributed by atoms with Crippen molar-refractivity contribution in [1.82, 2.24) is 0 Å². The molecule has 1 aromatic carbocycles. The third-order valence-corrected chi connectivity index (χ3v) is 4.63. The molecular formula is C15H16OS. The molecule has 0 spiro atoms. The van der Waals surface area contributed by atoms with Crippen molar-refractivity contribution >= 4 is 21.1 Å². The fourth-order valence-electron chi connectivity index (χ4n) is 1.77. The molecule has 0 saturated heterocycles. The highest BCUT2D eigenvalue weighted by Crippen LogP contribution is 2.26. The lowest BCUT2D eigenvalue weighted by atomic mass is 10.0. The maximum atomic E-state index is 12.4. The van der Waals surface area contributed by atoms with Gasteiger partial charge in [-0.05, 0) is 42.7 Å². The Kier molecular flexibility index (Phi) is 3.43. The largest absolute Gasteiger partial charge is 0.288 e. The van der Waals surface area contributed by atoms with Crippen LogP contribution in [0.5, 0.6) is 0 Å². The van der Waals surface area contributed by atoms with Crippen molar-refractivity contribution < 1.29 is 4.79 Å². The topological polar surface area (TPSA) is 17.1 Å². The maximum absolute atomic E-state index is 12.4. The van der Waals surface area contributed by atoms with E-state index in [2.05, 4.69) is 25.5 Å². The quantitative estimate of drug-likeness (QED) is 0.571. The molecule has 0 aromatic heterocycles. The second-order valence-electron chi connectivity index (χ2n) is 4.25. The molecule has 0 saturated carbocycles. The van der Waals surface area contributed by atoms with Gasteiger partial charge in [-0.25, -0.2) is 0 Å². The summed E-state index contributed by atoms with van der Waals surface area (Å²) in [5, 5.41) is 2.19. The summed E-state index contributed by atoms with van der Waals surface area (Å²) in [6, 6.07) is 9.49. The van der Waals surface area contributed by atoms with Crippen LogP contribution in [0.4, 0.5) is 0 Å². The fraction of sp³-hybridized carbons (Fsp3) is 0.200. The van der Waals surface area contributed by atoms with E-state index in [9.17, 15) is 4.79 Å². The average Bonchev–Trinajstić information content (AvgIpc) is 2.34. The van der Waals surface area contributed by atoms with Gasteiger partial charge in [0.05, 0.1) is 0 Å². The van der Waals surface area contributed by atoms with E-state index in [0.717, 1.165) is 10.4 Å². The van der Waals surface area contributed by atoms with Crippen LogP contribution in [0, 0.1) is 0 Å². The number of rotatable bonds is 2. The van der Waals surface area contributed by atoms with Gasteiger partial charge in [-0.15, -0.1) is 0 Å². The number of carbonyl (C=O) groups excluding carboxylic acids is 1. The molecule has 0 radical (unpaired) electrons. The Morgan fingerprint density at radius 1 is 1.06 bits per heavy atom. The molecule has 0 N–H and O–H groups in total. The lowest BCUT2D eigenvalue weighted by Crippen LogP contribution is -2.14. The molecule has 1 heterocycles. The van der Waals surface area contributed by atoms with Gasteiger partial charge in [0.2, 0.25) is 0 Å². The average molecular weight is 244 g/mol. The van der Waals surface area contributed by atoms with E-state index in [1.807, 2.05) is 36.4 Å². The zero-order valence-corrected chi connectivity index (χ0v) is 11.2.